The summed E-state index contributed by atoms with van der Waals surface area (Å²) in [5.74, 6) is -0.539. The quantitative estimate of drug-likeness (QED) is 0.827. The predicted octanol–water partition coefficient (Wildman–Crippen LogP) is 1.61. The first-order valence-corrected chi connectivity index (χ1v) is 7.68. The van der Waals surface area contributed by atoms with Crippen LogP contribution >= 0.6 is 11.6 Å². The molecule has 0 fully saturated rings. The second-order valence-corrected chi connectivity index (χ2v) is 7.21. The van der Waals surface area contributed by atoms with Gasteiger partial charge in [-0.25, -0.2) is 8.42 Å². The number of anilines is 1. The maximum atomic E-state index is 12.3. The van der Waals surface area contributed by atoms with Gasteiger partial charge in [0, 0.05) is 6.04 Å². The number of hydrogen-bond donors (Lipinski definition) is 2. The summed E-state index contributed by atoms with van der Waals surface area (Å²) in [7, 11) is -3.78. The molecule has 1 atom stereocenters. The molecule has 19 heavy (non-hydrogen) atoms. The number of nitrogen functional groups attached to an aromatic ring is 1. The van der Waals surface area contributed by atoms with Crippen LogP contribution in [-0.2, 0) is 14.6 Å². The lowest BCUT2D eigenvalue weighted by atomic mass is 10.3. The average molecular weight is 305 g/mol. The summed E-state index contributed by atoms with van der Waals surface area (Å²) in [6.45, 7) is 4.87. The minimum Gasteiger partial charge on any atom is -0.398 e. The van der Waals surface area contributed by atoms with E-state index in [2.05, 4.69) is 5.32 Å². The summed E-state index contributed by atoms with van der Waals surface area (Å²) in [5.41, 5.74) is 5.82. The molecular weight excluding hydrogens is 288 g/mol. The fraction of sp³-hybridized carbons (Fsp3) is 0.417. The Morgan fingerprint density at radius 3 is 2.37 bits per heavy atom. The van der Waals surface area contributed by atoms with Gasteiger partial charge in [-0.2, -0.15) is 0 Å². The van der Waals surface area contributed by atoms with Crippen molar-refractivity contribution in [3.8, 4) is 0 Å². The van der Waals surface area contributed by atoms with Crippen LogP contribution in [0.15, 0.2) is 23.1 Å². The van der Waals surface area contributed by atoms with Crippen molar-refractivity contribution in [2.75, 3.05) is 5.73 Å². The first-order valence-electron chi connectivity index (χ1n) is 5.75. The zero-order valence-corrected chi connectivity index (χ0v) is 12.5. The molecule has 5 nitrogen and oxygen atoms in total. The number of rotatable bonds is 4. The van der Waals surface area contributed by atoms with E-state index in [4.69, 9.17) is 17.3 Å². The van der Waals surface area contributed by atoms with Gasteiger partial charge in [0.05, 0.1) is 15.6 Å². The van der Waals surface area contributed by atoms with Gasteiger partial charge in [0.2, 0.25) is 5.91 Å². The zero-order chi connectivity index (χ0) is 14.8. The van der Waals surface area contributed by atoms with Crippen LogP contribution in [0.25, 0.3) is 0 Å². The molecule has 1 amide bonds. The van der Waals surface area contributed by atoms with Gasteiger partial charge >= 0.3 is 0 Å². The normalized spacial score (nSPS) is 13.3. The minimum atomic E-state index is -3.78. The monoisotopic (exact) mass is 304 g/mol. The third-order valence-corrected chi connectivity index (χ3v) is 4.95. The number of hydrogen-bond acceptors (Lipinski definition) is 4. The molecule has 106 valence electrons. The molecule has 0 bridgehead atoms. The van der Waals surface area contributed by atoms with Gasteiger partial charge in [-0.1, -0.05) is 11.6 Å². The van der Waals surface area contributed by atoms with E-state index in [1.54, 1.807) is 13.8 Å². The smallest absolute Gasteiger partial charge is 0.238 e. The van der Waals surface area contributed by atoms with Gasteiger partial charge in [-0.15, -0.1) is 0 Å². The SMILES string of the molecule is CC(C)NC(=O)C(C)S(=O)(=O)c1ccc(N)c(Cl)c1. The van der Waals surface area contributed by atoms with Crippen molar-refractivity contribution in [2.24, 2.45) is 0 Å². The third-order valence-electron chi connectivity index (χ3n) is 2.57. The second kappa shape index (κ2) is 5.79. The van der Waals surface area contributed by atoms with E-state index in [1.165, 1.54) is 25.1 Å². The maximum Gasteiger partial charge on any atom is 0.238 e. The van der Waals surface area contributed by atoms with Gasteiger partial charge < -0.3 is 11.1 Å². The van der Waals surface area contributed by atoms with Gasteiger partial charge in [0.1, 0.15) is 5.25 Å². The maximum absolute atomic E-state index is 12.3. The number of nitrogens with two attached hydrogens (primary N) is 1. The van der Waals surface area contributed by atoms with Crippen LogP contribution in [0.1, 0.15) is 20.8 Å². The van der Waals surface area contributed by atoms with Crippen molar-refractivity contribution in [1.29, 1.82) is 0 Å². The summed E-state index contributed by atoms with van der Waals surface area (Å²) in [6, 6.07) is 3.88. The van der Waals surface area contributed by atoms with E-state index in [0.29, 0.717) is 5.69 Å². The highest BCUT2D eigenvalue weighted by Gasteiger charge is 2.30. The lowest BCUT2D eigenvalue weighted by molar-refractivity contribution is -0.120. The second-order valence-electron chi connectivity index (χ2n) is 4.53. The topological polar surface area (TPSA) is 89.3 Å². The number of sulfone groups is 1. The molecule has 0 heterocycles. The molecule has 0 aliphatic rings. The van der Waals surface area contributed by atoms with Crippen LogP contribution in [0, 0.1) is 0 Å². The highest BCUT2D eigenvalue weighted by molar-refractivity contribution is 7.92. The first-order chi connectivity index (χ1) is 8.66. The Morgan fingerprint density at radius 1 is 1.32 bits per heavy atom. The summed E-state index contributed by atoms with van der Waals surface area (Å²) in [6.07, 6.45) is 0. The van der Waals surface area contributed by atoms with Crippen LogP contribution in [0.4, 0.5) is 5.69 Å². The Hall–Kier alpha value is -1.27. The number of halogens is 1. The van der Waals surface area contributed by atoms with Crippen molar-refractivity contribution in [1.82, 2.24) is 5.32 Å². The average Bonchev–Trinajstić information content (AvgIpc) is 2.30. The molecule has 1 rings (SSSR count). The van der Waals surface area contributed by atoms with E-state index in [0.717, 1.165) is 0 Å². The summed E-state index contributed by atoms with van der Waals surface area (Å²) in [4.78, 5) is 11.8. The Bertz CT molecular complexity index is 585. The van der Waals surface area contributed by atoms with Gasteiger partial charge in [0.15, 0.2) is 9.84 Å². The molecule has 3 N–H and O–H groups in total. The van der Waals surface area contributed by atoms with Gasteiger partial charge in [-0.3, -0.25) is 4.79 Å². The van der Waals surface area contributed by atoms with E-state index in [1.807, 2.05) is 0 Å². The van der Waals surface area contributed by atoms with Crippen molar-refractivity contribution in [3.63, 3.8) is 0 Å². The van der Waals surface area contributed by atoms with Gasteiger partial charge in [-0.05, 0) is 39.0 Å². The lowest BCUT2D eigenvalue weighted by Gasteiger charge is -2.15. The van der Waals surface area contributed by atoms with Crippen LogP contribution in [0.2, 0.25) is 5.02 Å². The number of carbonyl (C=O) groups is 1. The molecule has 0 aliphatic carbocycles. The summed E-state index contributed by atoms with van der Waals surface area (Å²) >= 11 is 5.80. The summed E-state index contributed by atoms with van der Waals surface area (Å²) < 4.78 is 24.5. The van der Waals surface area contributed by atoms with Crippen molar-refractivity contribution >= 4 is 33.0 Å². The van der Waals surface area contributed by atoms with Gasteiger partial charge in [0.25, 0.3) is 0 Å². The van der Waals surface area contributed by atoms with E-state index in [-0.39, 0.29) is 16.0 Å². The Morgan fingerprint density at radius 2 is 1.89 bits per heavy atom. The first kappa shape index (κ1) is 15.8. The number of benzene rings is 1. The molecule has 0 saturated carbocycles. The number of amides is 1. The van der Waals surface area contributed by atoms with Crippen LogP contribution < -0.4 is 11.1 Å². The third kappa shape index (κ3) is 3.61. The van der Waals surface area contributed by atoms with Crippen LogP contribution in [0.5, 0.6) is 0 Å². The van der Waals surface area contributed by atoms with Crippen LogP contribution in [-0.4, -0.2) is 25.6 Å². The number of nitrogens with one attached hydrogen (secondary N) is 1. The lowest BCUT2D eigenvalue weighted by Crippen LogP contribution is -2.41. The standard InChI is InChI=1S/C12H17ClN2O3S/c1-7(2)15-12(16)8(3)19(17,18)9-4-5-11(14)10(13)6-9/h4-8H,14H2,1-3H3,(H,15,16). The van der Waals surface area contributed by atoms with E-state index < -0.39 is 21.0 Å². The molecule has 7 heteroatoms. The molecule has 0 aliphatic heterocycles. The molecule has 1 unspecified atom stereocenters. The molecule has 1 aromatic carbocycles. The number of carbonyl (C=O) groups excluding carboxylic acids is 1. The Kier molecular flexibility index (Phi) is 4.81. The molecular formula is C12H17ClN2O3S. The summed E-state index contributed by atoms with van der Waals surface area (Å²) in [5, 5.41) is 1.53. The van der Waals surface area contributed by atoms with Crippen LogP contribution in [0.3, 0.4) is 0 Å². The highest BCUT2D eigenvalue weighted by Crippen LogP contribution is 2.25. The van der Waals surface area contributed by atoms with Crippen molar-refractivity contribution in [3.05, 3.63) is 23.2 Å². The molecule has 0 aromatic heterocycles. The molecule has 1 aromatic rings. The van der Waals surface area contributed by atoms with E-state index >= 15 is 0 Å². The molecule has 0 saturated heterocycles. The predicted molar refractivity (Wildman–Crippen MR) is 75.8 cm³/mol. The van der Waals surface area contributed by atoms with E-state index in [9.17, 15) is 13.2 Å². The Labute approximate surface area is 118 Å². The fourth-order valence-corrected chi connectivity index (χ4v) is 2.97. The molecule has 0 spiro atoms. The highest BCUT2D eigenvalue weighted by atomic mass is 35.5. The largest absolute Gasteiger partial charge is 0.398 e. The fourth-order valence-electron chi connectivity index (χ4n) is 1.43. The van der Waals surface area contributed by atoms with Crippen molar-refractivity contribution in [2.45, 2.75) is 37.0 Å². The Balaban J connectivity index is 3.09. The molecule has 0 radical (unpaired) electrons. The minimum absolute atomic E-state index is 0.0156. The van der Waals surface area contributed by atoms with Crippen molar-refractivity contribution < 1.29 is 13.2 Å². The zero-order valence-electron chi connectivity index (χ0n) is 11.0.